The second-order valence-corrected chi connectivity index (χ2v) is 5.95. The SMILES string of the molecule is C#CCOc1ccc(C=C(C#N)C(=O)Nc2cccc(Br)c2)cc1OC. The first-order chi connectivity index (χ1) is 12.6. The van der Waals surface area contributed by atoms with Gasteiger partial charge in [-0.15, -0.1) is 6.42 Å². The molecule has 0 fully saturated rings. The second kappa shape index (κ2) is 9.31. The Bertz CT molecular complexity index is 923. The number of halogens is 1. The zero-order valence-corrected chi connectivity index (χ0v) is 15.5. The van der Waals surface area contributed by atoms with Gasteiger partial charge in [0.2, 0.25) is 0 Å². The lowest BCUT2D eigenvalue weighted by Crippen LogP contribution is -2.13. The van der Waals surface area contributed by atoms with E-state index in [9.17, 15) is 10.1 Å². The number of nitriles is 1. The largest absolute Gasteiger partial charge is 0.493 e. The third kappa shape index (κ3) is 5.14. The highest BCUT2D eigenvalue weighted by molar-refractivity contribution is 9.10. The smallest absolute Gasteiger partial charge is 0.266 e. The van der Waals surface area contributed by atoms with E-state index in [-0.39, 0.29) is 12.2 Å². The first-order valence-corrected chi connectivity index (χ1v) is 8.29. The summed E-state index contributed by atoms with van der Waals surface area (Å²) in [6.45, 7) is 0.115. The molecule has 5 nitrogen and oxygen atoms in total. The Kier molecular flexibility index (Phi) is 6.84. The van der Waals surface area contributed by atoms with E-state index < -0.39 is 5.91 Å². The van der Waals surface area contributed by atoms with Crippen LogP contribution in [0, 0.1) is 23.7 Å². The third-order valence-corrected chi connectivity index (χ3v) is 3.75. The van der Waals surface area contributed by atoms with Crippen molar-refractivity contribution in [1.82, 2.24) is 0 Å². The molecule has 0 aliphatic heterocycles. The predicted molar refractivity (Wildman–Crippen MR) is 104 cm³/mol. The Hall–Kier alpha value is -3.22. The molecule has 2 aromatic rings. The van der Waals surface area contributed by atoms with Gasteiger partial charge in [0.05, 0.1) is 7.11 Å². The molecule has 2 aromatic carbocycles. The molecule has 0 aliphatic carbocycles. The molecule has 6 heteroatoms. The standard InChI is InChI=1S/C20H15BrN2O3/c1-3-9-26-18-8-7-14(11-19(18)25-2)10-15(13-22)20(24)23-17-6-4-5-16(21)12-17/h1,4-8,10-12H,9H2,2H3,(H,23,24). The number of hydrogen-bond acceptors (Lipinski definition) is 4. The number of amides is 1. The summed E-state index contributed by atoms with van der Waals surface area (Å²) in [4.78, 5) is 12.3. The molecule has 0 unspecified atom stereocenters. The van der Waals surface area contributed by atoms with Crippen LogP contribution >= 0.6 is 15.9 Å². The van der Waals surface area contributed by atoms with E-state index in [1.807, 2.05) is 12.1 Å². The number of carbonyl (C=O) groups excluding carboxylic acids is 1. The first-order valence-electron chi connectivity index (χ1n) is 7.50. The number of benzene rings is 2. The first kappa shape index (κ1) is 19.1. The van der Waals surface area contributed by atoms with Crippen LogP contribution in [0.2, 0.25) is 0 Å². The second-order valence-electron chi connectivity index (χ2n) is 5.04. The van der Waals surface area contributed by atoms with Crippen molar-refractivity contribution >= 4 is 33.6 Å². The zero-order valence-electron chi connectivity index (χ0n) is 14.0. The molecule has 0 saturated carbocycles. The van der Waals surface area contributed by atoms with Gasteiger partial charge in [-0.25, -0.2) is 0 Å². The fraction of sp³-hybridized carbons (Fsp3) is 0.100. The van der Waals surface area contributed by atoms with Crippen LogP contribution in [0.5, 0.6) is 11.5 Å². The topological polar surface area (TPSA) is 71.3 Å². The van der Waals surface area contributed by atoms with Crippen molar-refractivity contribution in [3.05, 3.63) is 58.1 Å². The fourth-order valence-electron chi connectivity index (χ4n) is 2.09. The summed E-state index contributed by atoms with van der Waals surface area (Å²) < 4.78 is 11.5. The van der Waals surface area contributed by atoms with Crippen molar-refractivity contribution in [1.29, 1.82) is 5.26 Å². The molecule has 0 atom stereocenters. The van der Waals surface area contributed by atoms with E-state index in [0.29, 0.717) is 22.7 Å². The van der Waals surface area contributed by atoms with Gasteiger partial charge in [-0.3, -0.25) is 4.79 Å². The highest BCUT2D eigenvalue weighted by Crippen LogP contribution is 2.29. The van der Waals surface area contributed by atoms with E-state index >= 15 is 0 Å². The molecule has 0 bridgehead atoms. The van der Waals surface area contributed by atoms with Gasteiger partial charge in [0.1, 0.15) is 18.2 Å². The number of nitrogens with one attached hydrogen (secondary N) is 1. The highest BCUT2D eigenvalue weighted by atomic mass is 79.9. The number of anilines is 1. The monoisotopic (exact) mass is 410 g/mol. The summed E-state index contributed by atoms with van der Waals surface area (Å²) in [7, 11) is 1.50. The zero-order chi connectivity index (χ0) is 18.9. The van der Waals surface area contributed by atoms with E-state index in [4.69, 9.17) is 15.9 Å². The van der Waals surface area contributed by atoms with Gasteiger partial charge >= 0.3 is 0 Å². The number of nitrogens with zero attached hydrogens (tertiary/aromatic N) is 1. The molecular formula is C20H15BrN2O3. The summed E-state index contributed by atoms with van der Waals surface area (Å²) in [5.74, 6) is 2.82. The van der Waals surface area contributed by atoms with Crippen LogP contribution in [0.15, 0.2) is 52.5 Å². The molecule has 1 N–H and O–H groups in total. The highest BCUT2D eigenvalue weighted by Gasteiger charge is 2.11. The molecule has 0 aromatic heterocycles. The average molecular weight is 411 g/mol. The summed E-state index contributed by atoms with van der Waals surface area (Å²) in [6, 6.07) is 14.1. The number of methoxy groups -OCH3 is 1. The van der Waals surface area contributed by atoms with Crippen molar-refractivity contribution in [3.8, 4) is 29.9 Å². The van der Waals surface area contributed by atoms with Gasteiger partial charge in [0.25, 0.3) is 5.91 Å². The maximum atomic E-state index is 12.3. The average Bonchev–Trinajstić information content (AvgIpc) is 2.64. The van der Waals surface area contributed by atoms with Gasteiger partial charge in [-0.05, 0) is 42.0 Å². The Morgan fingerprint density at radius 1 is 1.31 bits per heavy atom. The van der Waals surface area contributed by atoms with E-state index in [1.54, 1.807) is 36.4 Å². The van der Waals surface area contributed by atoms with Gasteiger partial charge < -0.3 is 14.8 Å². The summed E-state index contributed by atoms with van der Waals surface area (Å²) >= 11 is 3.33. The van der Waals surface area contributed by atoms with Gasteiger partial charge in [0.15, 0.2) is 11.5 Å². The lowest BCUT2D eigenvalue weighted by Gasteiger charge is -2.09. The minimum atomic E-state index is -0.503. The van der Waals surface area contributed by atoms with Crippen LogP contribution < -0.4 is 14.8 Å². The Balaban J connectivity index is 2.23. The van der Waals surface area contributed by atoms with Crippen LogP contribution in [0.4, 0.5) is 5.69 Å². The number of carbonyl (C=O) groups is 1. The number of terminal acetylenes is 1. The molecular weight excluding hydrogens is 396 g/mol. The van der Waals surface area contributed by atoms with Crippen molar-refractivity contribution in [2.45, 2.75) is 0 Å². The normalized spacial score (nSPS) is 10.4. The number of hydrogen-bond donors (Lipinski definition) is 1. The minimum Gasteiger partial charge on any atom is -0.493 e. The molecule has 1 amide bonds. The van der Waals surface area contributed by atoms with Crippen molar-refractivity contribution < 1.29 is 14.3 Å². The molecule has 0 spiro atoms. The molecule has 0 aliphatic rings. The summed E-state index contributed by atoms with van der Waals surface area (Å²) in [6.07, 6.45) is 6.65. The van der Waals surface area contributed by atoms with Gasteiger partial charge in [-0.1, -0.05) is 34.0 Å². The van der Waals surface area contributed by atoms with Crippen LogP contribution in [-0.2, 0) is 4.79 Å². The van der Waals surface area contributed by atoms with E-state index in [2.05, 4.69) is 27.2 Å². The molecule has 0 heterocycles. The Morgan fingerprint density at radius 2 is 2.12 bits per heavy atom. The van der Waals surface area contributed by atoms with Crippen LogP contribution in [-0.4, -0.2) is 19.6 Å². The maximum absolute atomic E-state index is 12.3. The molecule has 0 saturated heterocycles. The molecule has 26 heavy (non-hydrogen) atoms. The number of rotatable bonds is 6. The van der Waals surface area contributed by atoms with Crippen LogP contribution in [0.3, 0.4) is 0 Å². The van der Waals surface area contributed by atoms with Crippen LogP contribution in [0.1, 0.15) is 5.56 Å². The Morgan fingerprint density at radius 3 is 2.77 bits per heavy atom. The summed E-state index contributed by atoms with van der Waals surface area (Å²) in [5.41, 5.74) is 1.17. The van der Waals surface area contributed by atoms with Gasteiger partial charge in [0, 0.05) is 10.2 Å². The molecule has 130 valence electrons. The minimum absolute atomic E-state index is 0.0377. The molecule has 0 radical (unpaired) electrons. The number of ether oxygens (including phenoxy) is 2. The Labute approximate surface area is 160 Å². The van der Waals surface area contributed by atoms with Crippen LogP contribution in [0.25, 0.3) is 6.08 Å². The van der Waals surface area contributed by atoms with Crippen molar-refractivity contribution in [2.24, 2.45) is 0 Å². The maximum Gasteiger partial charge on any atom is 0.266 e. The molecule has 2 rings (SSSR count). The van der Waals surface area contributed by atoms with Crippen molar-refractivity contribution in [2.75, 3.05) is 19.0 Å². The summed E-state index contributed by atoms with van der Waals surface area (Å²) in [5, 5.41) is 12.0. The van der Waals surface area contributed by atoms with Gasteiger partial charge in [-0.2, -0.15) is 5.26 Å². The predicted octanol–water partition coefficient (Wildman–Crippen LogP) is 4.02. The fourth-order valence-corrected chi connectivity index (χ4v) is 2.49. The third-order valence-electron chi connectivity index (χ3n) is 3.26. The lowest BCUT2D eigenvalue weighted by molar-refractivity contribution is -0.112. The quantitative estimate of drug-likeness (QED) is 0.443. The lowest BCUT2D eigenvalue weighted by atomic mass is 10.1. The van der Waals surface area contributed by atoms with E-state index in [1.165, 1.54) is 13.2 Å². The van der Waals surface area contributed by atoms with E-state index in [0.717, 1.165) is 4.47 Å². The van der Waals surface area contributed by atoms with Crippen molar-refractivity contribution in [3.63, 3.8) is 0 Å².